The monoisotopic (exact) mass is 339 g/mol. The third-order valence-electron chi connectivity index (χ3n) is 4.59. The van der Waals surface area contributed by atoms with E-state index in [2.05, 4.69) is 54.7 Å². The zero-order chi connectivity index (χ0) is 16.8. The Morgan fingerprint density at radius 3 is 2.75 bits per heavy atom. The fourth-order valence-corrected chi connectivity index (χ4v) is 4.09. The first-order chi connectivity index (χ1) is 11.7. The van der Waals surface area contributed by atoms with Crippen LogP contribution in [0.1, 0.15) is 48.1 Å². The van der Waals surface area contributed by atoms with E-state index in [9.17, 15) is 4.79 Å². The summed E-state index contributed by atoms with van der Waals surface area (Å²) in [4.78, 5) is 12.1. The van der Waals surface area contributed by atoms with Crippen LogP contribution in [0.4, 0.5) is 0 Å². The third kappa shape index (κ3) is 4.64. The molecular formula is C21H25NOS. The first-order valence-corrected chi connectivity index (χ1v) is 9.90. The van der Waals surface area contributed by atoms with Crippen LogP contribution in [0.2, 0.25) is 0 Å². The lowest BCUT2D eigenvalue weighted by Crippen LogP contribution is -2.26. The summed E-state index contributed by atoms with van der Waals surface area (Å²) < 4.78 is 0. The molecule has 24 heavy (non-hydrogen) atoms. The third-order valence-corrected chi connectivity index (χ3v) is 5.62. The van der Waals surface area contributed by atoms with Gasteiger partial charge in [-0.25, -0.2) is 0 Å². The molecule has 0 aliphatic heterocycles. The Balaban J connectivity index is 1.41. The van der Waals surface area contributed by atoms with Crippen LogP contribution in [0, 0.1) is 0 Å². The summed E-state index contributed by atoms with van der Waals surface area (Å²) in [5.41, 5.74) is 5.48. The minimum atomic E-state index is 0.0857. The van der Waals surface area contributed by atoms with Crippen LogP contribution >= 0.6 is 11.8 Å². The molecule has 0 unspecified atom stereocenters. The molecule has 1 atom stereocenters. The number of carbonyl (C=O) groups excluding carboxylic acids is 1. The van der Waals surface area contributed by atoms with E-state index in [0.717, 1.165) is 11.5 Å². The van der Waals surface area contributed by atoms with Crippen molar-refractivity contribution in [1.82, 2.24) is 5.32 Å². The van der Waals surface area contributed by atoms with Gasteiger partial charge in [-0.2, -0.15) is 11.8 Å². The number of benzene rings is 2. The molecule has 2 nitrogen and oxygen atoms in total. The highest BCUT2D eigenvalue weighted by Crippen LogP contribution is 2.25. The Hall–Kier alpha value is -1.74. The van der Waals surface area contributed by atoms with Crippen molar-refractivity contribution < 1.29 is 4.79 Å². The van der Waals surface area contributed by atoms with Gasteiger partial charge in [0.15, 0.2) is 0 Å². The quantitative estimate of drug-likeness (QED) is 0.742. The molecule has 3 heteroatoms. The van der Waals surface area contributed by atoms with E-state index in [-0.39, 0.29) is 11.9 Å². The van der Waals surface area contributed by atoms with Gasteiger partial charge in [-0.15, -0.1) is 0 Å². The number of rotatable bonds is 7. The molecule has 0 aromatic heterocycles. The summed E-state index contributed by atoms with van der Waals surface area (Å²) in [6.07, 6.45) is 4.22. The number of nitrogens with one attached hydrogen (secondary N) is 1. The first-order valence-electron chi connectivity index (χ1n) is 8.75. The molecule has 0 fully saturated rings. The summed E-state index contributed by atoms with van der Waals surface area (Å²) in [6.45, 7) is 2.08. The topological polar surface area (TPSA) is 29.1 Å². The van der Waals surface area contributed by atoms with Crippen LogP contribution in [-0.2, 0) is 23.4 Å². The second kappa shape index (κ2) is 8.39. The van der Waals surface area contributed by atoms with Crippen LogP contribution < -0.4 is 5.32 Å². The van der Waals surface area contributed by atoms with Crippen molar-refractivity contribution in [2.24, 2.45) is 0 Å². The van der Waals surface area contributed by atoms with Crippen LogP contribution in [0.15, 0.2) is 48.5 Å². The lowest BCUT2D eigenvalue weighted by molar-refractivity contribution is -0.121. The van der Waals surface area contributed by atoms with Crippen molar-refractivity contribution in [3.8, 4) is 0 Å². The summed E-state index contributed by atoms with van der Waals surface area (Å²) in [7, 11) is 0. The minimum Gasteiger partial charge on any atom is -0.350 e. The minimum absolute atomic E-state index is 0.0857. The molecule has 2 aromatic rings. The van der Waals surface area contributed by atoms with Gasteiger partial charge in [0.1, 0.15) is 0 Å². The lowest BCUT2D eigenvalue weighted by Gasteiger charge is -2.15. The van der Waals surface area contributed by atoms with Gasteiger partial charge < -0.3 is 5.32 Å². The Kier molecular flexibility index (Phi) is 5.97. The maximum Gasteiger partial charge on any atom is 0.221 e. The predicted molar refractivity (Wildman–Crippen MR) is 102 cm³/mol. The van der Waals surface area contributed by atoms with E-state index < -0.39 is 0 Å². The van der Waals surface area contributed by atoms with Crippen LogP contribution in [0.25, 0.3) is 0 Å². The molecule has 126 valence electrons. The van der Waals surface area contributed by atoms with Gasteiger partial charge in [-0.3, -0.25) is 4.79 Å². The summed E-state index contributed by atoms with van der Waals surface area (Å²) in [5.74, 6) is 1.97. The standard InChI is InChI=1S/C21H25NOS/c1-16(19-11-10-18-8-5-9-20(18)14-19)22-21(23)12-13-24-15-17-6-3-2-4-7-17/h2-4,6-7,10-11,14,16H,5,8-9,12-13,15H2,1H3,(H,22,23)/t16-/m1/s1. The Morgan fingerprint density at radius 2 is 1.92 bits per heavy atom. The number of fused-ring (bicyclic) bond motifs is 1. The number of thioether (sulfide) groups is 1. The van der Waals surface area contributed by atoms with E-state index in [4.69, 9.17) is 0 Å². The van der Waals surface area contributed by atoms with Crippen molar-refractivity contribution in [3.63, 3.8) is 0 Å². The second-order valence-electron chi connectivity index (χ2n) is 6.46. The van der Waals surface area contributed by atoms with Crippen molar-refractivity contribution in [2.75, 3.05) is 5.75 Å². The molecular weight excluding hydrogens is 314 g/mol. The molecule has 0 spiro atoms. The Bertz CT molecular complexity index is 683. The van der Waals surface area contributed by atoms with Gasteiger partial charge in [0, 0.05) is 17.9 Å². The number of hydrogen-bond acceptors (Lipinski definition) is 2. The summed E-state index contributed by atoms with van der Waals surface area (Å²) in [5, 5.41) is 3.13. The van der Waals surface area contributed by atoms with Crippen LogP contribution in [0.5, 0.6) is 0 Å². The molecule has 1 N–H and O–H groups in total. The van der Waals surface area contributed by atoms with Gasteiger partial charge in [0.05, 0.1) is 6.04 Å². The maximum absolute atomic E-state index is 12.1. The largest absolute Gasteiger partial charge is 0.350 e. The van der Waals surface area contributed by atoms with E-state index in [1.54, 1.807) is 0 Å². The van der Waals surface area contributed by atoms with Gasteiger partial charge in [-0.05, 0) is 48.4 Å². The van der Waals surface area contributed by atoms with E-state index >= 15 is 0 Å². The number of aryl methyl sites for hydroxylation is 2. The average Bonchev–Trinajstić information content (AvgIpc) is 3.07. The van der Waals surface area contributed by atoms with Crippen LogP contribution in [-0.4, -0.2) is 11.7 Å². The normalized spacial score (nSPS) is 14.2. The van der Waals surface area contributed by atoms with Gasteiger partial charge in [0.2, 0.25) is 5.91 Å². The Morgan fingerprint density at radius 1 is 1.12 bits per heavy atom. The molecule has 0 saturated heterocycles. The summed E-state index contributed by atoms with van der Waals surface area (Å²) >= 11 is 1.81. The predicted octanol–water partition coefficient (Wildman–Crippen LogP) is 4.68. The van der Waals surface area contributed by atoms with Crippen molar-refractivity contribution >= 4 is 17.7 Å². The zero-order valence-corrected chi connectivity index (χ0v) is 15.1. The van der Waals surface area contributed by atoms with E-state index in [0.29, 0.717) is 6.42 Å². The number of hydrogen-bond donors (Lipinski definition) is 1. The molecule has 2 aromatic carbocycles. The lowest BCUT2D eigenvalue weighted by atomic mass is 10.0. The molecule has 0 saturated carbocycles. The van der Waals surface area contributed by atoms with Crippen LogP contribution in [0.3, 0.4) is 0 Å². The molecule has 3 rings (SSSR count). The van der Waals surface area contributed by atoms with Gasteiger partial charge >= 0.3 is 0 Å². The van der Waals surface area contributed by atoms with Crippen molar-refractivity contribution in [3.05, 3.63) is 70.8 Å². The first kappa shape index (κ1) is 17.1. The fraction of sp³-hybridized carbons (Fsp3) is 0.381. The van der Waals surface area contributed by atoms with Gasteiger partial charge in [-0.1, -0.05) is 48.5 Å². The molecule has 1 aliphatic carbocycles. The van der Waals surface area contributed by atoms with Gasteiger partial charge in [0.25, 0.3) is 0 Å². The molecule has 0 radical (unpaired) electrons. The highest BCUT2D eigenvalue weighted by atomic mass is 32.2. The SMILES string of the molecule is C[C@@H](NC(=O)CCSCc1ccccc1)c1ccc2c(c1)CCC2. The molecule has 1 amide bonds. The summed E-state index contributed by atoms with van der Waals surface area (Å²) in [6, 6.07) is 17.2. The van der Waals surface area contributed by atoms with Crippen molar-refractivity contribution in [1.29, 1.82) is 0 Å². The smallest absolute Gasteiger partial charge is 0.221 e. The fourth-order valence-electron chi connectivity index (χ4n) is 3.19. The number of carbonyl (C=O) groups is 1. The molecule has 0 bridgehead atoms. The van der Waals surface area contributed by atoms with E-state index in [1.165, 1.54) is 41.5 Å². The highest BCUT2D eigenvalue weighted by molar-refractivity contribution is 7.98. The Labute approximate surface area is 149 Å². The molecule has 0 heterocycles. The highest BCUT2D eigenvalue weighted by Gasteiger charge is 2.14. The zero-order valence-electron chi connectivity index (χ0n) is 14.3. The maximum atomic E-state index is 12.1. The second-order valence-corrected chi connectivity index (χ2v) is 7.56. The van der Waals surface area contributed by atoms with E-state index in [1.807, 2.05) is 17.8 Å². The van der Waals surface area contributed by atoms with Crippen molar-refractivity contribution in [2.45, 2.75) is 44.4 Å². The molecule has 1 aliphatic rings. The average molecular weight is 340 g/mol. The number of amides is 1.